The van der Waals surface area contributed by atoms with E-state index in [1.807, 2.05) is 4.68 Å². The first-order valence-corrected chi connectivity index (χ1v) is 8.47. The Labute approximate surface area is 139 Å². The second kappa shape index (κ2) is 5.96. The first-order valence-electron chi connectivity index (χ1n) is 8.47. The number of rotatable bonds is 2. The van der Waals surface area contributed by atoms with E-state index >= 15 is 0 Å². The molecule has 1 N–H and O–H groups in total. The number of amides is 1. The standard InChI is InChI=1S/C15H20BN5O3/c16-24-15(23)20-7-9(8-20)12-18-13-11(14(22)19-12)6-17-21(13)10-4-2-1-3-5-10/h6,9-10H,1-5,7-8,16H2,(H,18,19,22). The molecule has 24 heavy (non-hydrogen) atoms. The molecule has 3 heterocycles. The monoisotopic (exact) mass is 329 g/mol. The Morgan fingerprint density at radius 1 is 1.29 bits per heavy atom. The minimum Gasteiger partial charge on any atom is -0.528 e. The van der Waals surface area contributed by atoms with Crippen LogP contribution in [0.3, 0.4) is 0 Å². The molecule has 0 spiro atoms. The van der Waals surface area contributed by atoms with Gasteiger partial charge in [0.05, 0.1) is 18.2 Å². The number of fused-ring (bicyclic) bond motifs is 1. The van der Waals surface area contributed by atoms with E-state index in [4.69, 9.17) is 4.65 Å². The molecule has 0 atom stereocenters. The average Bonchev–Trinajstić information content (AvgIpc) is 2.98. The van der Waals surface area contributed by atoms with Crippen molar-refractivity contribution in [1.29, 1.82) is 0 Å². The number of hydrogen-bond acceptors (Lipinski definition) is 5. The van der Waals surface area contributed by atoms with Gasteiger partial charge in [-0.15, -0.1) is 0 Å². The van der Waals surface area contributed by atoms with Crippen LogP contribution in [0.4, 0.5) is 4.79 Å². The Balaban J connectivity index is 1.64. The number of hydrogen-bond donors (Lipinski definition) is 1. The third-order valence-electron chi connectivity index (χ3n) is 5.10. The molecule has 4 rings (SSSR count). The lowest BCUT2D eigenvalue weighted by atomic mass is 9.96. The van der Waals surface area contributed by atoms with E-state index in [1.165, 1.54) is 27.3 Å². The third kappa shape index (κ3) is 2.48. The first-order chi connectivity index (χ1) is 11.7. The highest BCUT2D eigenvalue weighted by molar-refractivity contribution is 6.05. The van der Waals surface area contributed by atoms with Crippen LogP contribution < -0.4 is 5.56 Å². The van der Waals surface area contributed by atoms with Crippen LogP contribution >= 0.6 is 0 Å². The van der Waals surface area contributed by atoms with Gasteiger partial charge in [0.1, 0.15) is 11.2 Å². The topological polar surface area (TPSA) is 93.1 Å². The summed E-state index contributed by atoms with van der Waals surface area (Å²) in [5.41, 5.74) is 0.505. The highest BCUT2D eigenvalue weighted by Crippen LogP contribution is 2.30. The number of aromatic amines is 1. The van der Waals surface area contributed by atoms with E-state index in [0.717, 1.165) is 12.8 Å². The van der Waals surface area contributed by atoms with Gasteiger partial charge in [0, 0.05) is 13.1 Å². The van der Waals surface area contributed by atoms with E-state index in [1.54, 1.807) is 11.1 Å². The summed E-state index contributed by atoms with van der Waals surface area (Å²) in [4.78, 5) is 32.9. The molecule has 1 aliphatic heterocycles. The van der Waals surface area contributed by atoms with Crippen LogP contribution in [-0.2, 0) is 4.65 Å². The Morgan fingerprint density at radius 2 is 2.04 bits per heavy atom. The van der Waals surface area contributed by atoms with Gasteiger partial charge in [-0.1, -0.05) is 19.3 Å². The largest absolute Gasteiger partial charge is 0.528 e. The van der Waals surface area contributed by atoms with Crippen LogP contribution in [0.2, 0.25) is 0 Å². The maximum absolute atomic E-state index is 12.4. The lowest BCUT2D eigenvalue weighted by molar-refractivity contribution is 0.112. The lowest BCUT2D eigenvalue weighted by Gasteiger charge is -2.37. The number of H-pyrrole nitrogens is 1. The summed E-state index contributed by atoms with van der Waals surface area (Å²) in [6, 6.07) is 0.325. The predicted octanol–water partition coefficient (Wildman–Crippen LogP) is 0.709. The summed E-state index contributed by atoms with van der Waals surface area (Å²) >= 11 is 0. The van der Waals surface area contributed by atoms with Crippen molar-refractivity contribution in [3.63, 3.8) is 0 Å². The van der Waals surface area contributed by atoms with E-state index in [2.05, 4.69) is 15.1 Å². The fourth-order valence-corrected chi connectivity index (χ4v) is 3.67. The molecule has 1 amide bonds. The molecule has 1 aliphatic carbocycles. The molecule has 2 aliphatic rings. The molecule has 0 aromatic carbocycles. The van der Waals surface area contributed by atoms with Crippen molar-refractivity contribution in [2.24, 2.45) is 0 Å². The molecular weight excluding hydrogens is 309 g/mol. The Morgan fingerprint density at radius 3 is 2.75 bits per heavy atom. The zero-order valence-corrected chi connectivity index (χ0v) is 13.7. The van der Waals surface area contributed by atoms with Crippen molar-refractivity contribution < 1.29 is 9.45 Å². The van der Waals surface area contributed by atoms with Gasteiger partial charge in [-0.2, -0.15) is 5.10 Å². The number of carbonyl (C=O) groups is 1. The van der Waals surface area contributed by atoms with Crippen molar-refractivity contribution in [3.05, 3.63) is 22.4 Å². The highest BCUT2D eigenvalue weighted by atomic mass is 16.5. The molecule has 1 saturated carbocycles. The number of nitrogens with one attached hydrogen (secondary N) is 1. The van der Waals surface area contributed by atoms with Crippen LogP contribution in [0, 0.1) is 0 Å². The Kier molecular flexibility index (Phi) is 3.78. The lowest BCUT2D eigenvalue weighted by Crippen LogP contribution is -2.49. The summed E-state index contributed by atoms with van der Waals surface area (Å²) in [5, 5.41) is 4.97. The second-order valence-electron chi connectivity index (χ2n) is 6.64. The zero-order chi connectivity index (χ0) is 16.7. The van der Waals surface area contributed by atoms with Crippen LogP contribution in [0.1, 0.15) is 49.9 Å². The zero-order valence-electron chi connectivity index (χ0n) is 13.7. The summed E-state index contributed by atoms with van der Waals surface area (Å²) in [6.07, 6.45) is 7.08. The molecule has 126 valence electrons. The molecule has 0 bridgehead atoms. The third-order valence-corrected chi connectivity index (χ3v) is 5.10. The van der Waals surface area contributed by atoms with Gasteiger partial charge in [0.2, 0.25) is 0 Å². The van der Waals surface area contributed by atoms with Crippen LogP contribution in [0.15, 0.2) is 11.0 Å². The minimum atomic E-state index is -0.345. The number of carbonyl (C=O) groups excluding carboxylic acids is 1. The quantitative estimate of drug-likeness (QED) is 0.819. The van der Waals surface area contributed by atoms with Crippen molar-refractivity contribution in [3.8, 4) is 0 Å². The van der Waals surface area contributed by atoms with Crippen molar-refractivity contribution in [2.75, 3.05) is 13.1 Å². The predicted molar refractivity (Wildman–Crippen MR) is 89.6 cm³/mol. The van der Waals surface area contributed by atoms with E-state index in [0.29, 0.717) is 36.0 Å². The van der Waals surface area contributed by atoms with Gasteiger partial charge in [-0.3, -0.25) is 4.79 Å². The van der Waals surface area contributed by atoms with Crippen LogP contribution in [0.5, 0.6) is 0 Å². The van der Waals surface area contributed by atoms with E-state index in [-0.39, 0.29) is 17.6 Å². The van der Waals surface area contributed by atoms with Gasteiger partial charge in [-0.25, -0.2) is 14.5 Å². The van der Waals surface area contributed by atoms with Crippen molar-refractivity contribution in [1.82, 2.24) is 24.6 Å². The fourth-order valence-electron chi connectivity index (χ4n) is 3.67. The summed E-state index contributed by atoms with van der Waals surface area (Å²) < 4.78 is 6.62. The summed E-state index contributed by atoms with van der Waals surface area (Å²) in [7, 11) is 1.37. The second-order valence-corrected chi connectivity index (χ2v) is 6.64. The van der Waals surface area contributed by atoms with Gasteiger partial charge in [0.25, 0.3) is 5.56 Å². The molecule has 1 saturated heterocycles. The molecule has 9 heteroatoms. The number of likely N-dealkylation sites (tertiary alicyclic amines) is 1. The van der Waals surface area contributed by atoms with Crippen molar-refractivity contribution >= 4 is 25.2 Å². The smallest absolute Gasteiger partial charge is 0.391 e. The molecule has 2 aromatic heterocycles. The summed E-state index contributed by atoms with van der Waals surface area (Å²) in [6.45, 7) is 1.03. The highest BCUT2D eigenvalue weighted by Gasteiger charge is 2.34. The van der Waals surface area contributed by atoms with Gasteiger partial charge in [0.15, 0.2) is 5.65 Å². The van der Waals surface area contributed by atoms with Crippen molar-refractivity contribution in [2.45, 2.75) is 44.1 Å². The van der Waals surface area contributed by atoms with E-state index in [9.17, 15) is 9.59 Å². The SMILES string of the molecule is BOC(=O)N1CC(c2nc3c(cnn3C3CCCCC3)c(=O)[nH]2)C1. The first kappa shape index (κ1) is 15.2. The fraction of sp³-hybridized carbons (Fsp3) is 0.600. The maximum Gasteiger partial charge on any atom is 0.391 e. The molecule has 0 unspecified atom stereocenters. The average molecular weight is 329 g/mol. The molecular formula is C15H20BN5O3. The molecule has 2 aromatic rings. The Bertz CT molecular complexity index is 820. The maximum atomic E-state index is 12.4. The van der Waals surface area contributed by atoms with Crippen LogP contribution in [-0.4, -0.2) is 51.9 Å². The number of nitrogens with zero attached hydrogens (tertiary/aromatic N) is 4. The molecule has 2 fully saturated rings. The van der Waals surface area contributed by atoms with Gasteiger partial charge >= 0.3 is 14.1 Å². The summed E-state index contributed by atoms with van der Waals surface area (Å²) in [5.74, 6) is 0.668. The molecule has 0 radical (unpaired) electrons. The number of aromatic nitrogens is 4. The van der Waals surface area contributed by atoms with Gasteiger partial charge < -0.3 is 14.5 Å². The normalized spacial score (nSPS) is 19.4. The minimum absolute atomic E-state index is 0.0379. The van der Waals surface area contributed by atoms with E-state index < -0.39 is 0 Å². The van der Waals surface area contributed by atoms with Crippen LogP contribution in [0.25, 0.3) is 11.0 Å². The Hall–Kier alpha value is -2.32. The molecule has 8 nitrogen and oxygen atoms in total. The van der Waals surface area contributed by atoms with Gasteiger partial charge in [-0.05, 0) is 12.8 Å².